The summed E-state index contributed by atoms with van der Waals surface area (Å²) in [7, 11) is 1.19. The van der Waals surface area contributed by atoms with E-state index in [0.717, 1.165) is 16.7 Å². The minimum Gasteiger partial charge on any atom is -0.467 e. The van der Waals surface area contributed by atoms with E-state index in [1.54, 1.807) is 19.1 Å². The second kappa shape index (κ2) is 16.9. The van der Waals surface area contributed by atoms with Gasteiger partial charge in [-0.2, -0.15) is 0 Å². The zero-order valence-corrected chi connectivity index (χ0v) is 24.7. The Kier molecular flexibility index (Phi) is 12.7. The van der Waals surface area contributed by atoms with E-state index in [4.69, 9.17) is 28.4 Å². The molecule has 1 saturated heterocycles. The summed E-state index contributed by atoms with van der Waals surface area (Å²) in [6.07, 6.45) is -7.42. The number of ether oxygens (including phenoxy) is 6. The minimum atomic E-state index is -1.29. The van der Waals surface area contributed by atoms with Crippen LogP contribution in [0.2, 0.25) is 0 Å². The molecule has 236 valence electrons. The van der Waals surface area contributed by atoms with Crippen molar-refractivity contribution in [1.29, 1.82) is 0 Å². The summed E-state index contributed by atoms with van der Waals surface area (Å²) in [5.74, 6) is -0.776. The average molecular weight is 610 g/mol. The lowest BCUT2D eigenvalue weighted by molar-refractivity contribution is -0.328. The lowest BCUT2D eigenvalue weighted by Crippen LogP contribution is -2.62. The topological polar surface area (TPSA) is 142 Å². The van der Waals surface area contributed by atoms with Gasteiger partial charge in [-0.05, 0) is 23.6 Å². The van der Waals surface area contributed by atoms with Gasteiger partial charge in [-0.15, -0.1) is 0 Å². The van der Waals surface area contributed by atoms with Gasteiger partial charge in [0.15, 0.2) is 12.3 Å². The number of nitrogens with one attached hydrogen (secondary N) is 1. The normalized spacial score (nSPS) is 22.9. The van der Waals surface area contributed by atoms with Gasteiger partial charge < -0.3 is 44.0 Å². The number of esters is 1. The van der Waals surface area contributed by atoms with Crippen LogP contribution in [-0.2, 0) is 53.0 Å². The number of benzene rings is 3. The molecule has 1 amide bonds. The molecule has 0 saturated carbocycles. The number of methoxy groups -OCH3 is 1. The van der Waals surface area contributed by atoms with E-state index in [1.807, 2.05) is 78.9 Å². The standard InChI is InChI=1S/C33H39NO10/c1-22(27(31(37)39-2)34-33(38)42-21-25-16-10-5-11-17-25)43-32-30(41-20-24-14-8-4-9-15-24)29(28(36)26(18-35)44-32)40-19-23-12-6-3-7-13-23/h3-17,22,26-30,32,35-36H,18-21H2,1-2H3,(H,34,38)/t22-,26-,27+,28-,29+,30+,32-/m1/s1. The predicted octanol–water partition coefficient (Wildman–Crippen LogP) is 3.11. The molecule has 11 heteroatoms. The summed E-state index contributed by atoms with van der Waals surface area (Å²) in [5, 5.41) is 23.7. The van der Waals surface area contributed by atoms with Crippen LogP contribution in [0.1, 0.15) is 23.6 Å². The van der Waals surface area contributed by atoms with Crippen molar-refractivity contribution < 1.29 is 48.2 Å². The van der Waals surface area contributed by atoms with Gasteiger partial charge in [0.05, 0.1) is 33.0 Å². The van der Waals surface area contributed by atoms with Gasteiger partial charge in [-0.25, -0.2) is 9.59 Å². The molecule has 44 heavy (non-hydrogen) atoms. The number of alkyl carbamates (subject to hydrolysis) is 1. The van der Waals surface area contributed by atoms with Crippen LogP contribution in [0.4, 0.5) is 4.79 Å². The van der Waals surface area contributed by atoms with Crippen LogP contribution in [-0.4, -0.2) is 78.8 Å². The minimum absolute atomic E-state index is 0.00651. The van der Waals surface area contributed by atoms with Crippen molar-refractivity contribution >= 4 is 12.1 Å². The Hall–Kier alpha value is -3.84. The number of rotatable bonds is 14. The second-order valence-electron chi connectivity index (χ2n) is 10.3. The molecule has 1 heterocycles. The van der Waals surface area contributed by atoms with Crippen LogP contribution >= 0.6 is 0 Å². The molecule has 1 fully saturated rings. The van der Waals surface area contributed by atoms with Crippen LogP contribution in [0, 0.1) is 0 Å². The summed E-state index contributed by atoms with van der Waals surface area (Å²) in [6, 6.07) is 26.6. The Morgan fingerprint density at radius 3 is 1.82 bits per heavy atom. The molecule has 4 rings (SSSR count). The van der Waals surface area contributed by atoms with Crippen molar-refractivity contribution in [2.45, 2.75) is 69.6 Å². The highest BCUT2D eigenvalue weighted by Gasteiger charge is 2.48. The number of aliphatic hydroxyl groups is 2. The zero-order valence-electron chi connectivity index (χ0n) is 24.7. The summed E-state index contributed by atoms with van der Waals surface area (Å²) < 4.78 is 34.7. The lowest BCUT2D eigenvalue weighted by Gasteiger charge is -2.44. The average Bonchev–Trinajstić information content (AvgIpc) is 3.06. The van der Waals surface area contributed by atoms with Crippen LogP contribution in [0.25, 0.3) is 0 Å². The van der Waals surface area contributed by atoms with Crippen molar-refractivity contribution in [3.8, 4) is 0 Å². The molecule has 3 aromatic carbocycles. The highest BCUT2D eigenvalue weighted by molar-refractivity contribution is 5.81. The van der Waals surface area contributed by atoms with Crippen LogP contribution in [0.5, 0.6) is 0 Å². The molecule has 7 atom stereocenters. The van der Waals surface area contributed by atoms with Crippen LogP contribution < -0.4 is 5.32 Å². The number of carbonyl (C=O) groups is 2. The van der Waals surface area contributed by atoms with E-state index in [1.165, 1.54) is 7.11 Å². The predicted molar refractivity (Wildman–Crippen MR) is 158 cm³/mol. The monoisotopic (exact) mass is 609 g/mol. The quantitative estimate of drug-likeness (QED) is 0.234. The number of amides is 1. The van der Waals surface area contributed by atoms with Crippen LogP contribution in [0.3, 0.4) is 0 Å². The molecule has 0 radical (unpaired) electrons. The zero-order chi connectivity index (χ0) is 31.3. The third kappa shape index (κ3) is 9.33. The van der Waals surface area contributed by atoms with Crippen molar-refractivity contribution in [2.75, 3.05) is 13.7 Å². The Balaban J connectivity index is 1.51. The fourth-order valence-electron chi connectivity index (χ4n) is 4.73. The van der Waals surface area contributed by atoms with Gasteiger partial charge in [0.1, 0.15) is 31.0 Å². The van der Waals surface area contributed by atoms with E-state index < -0.39 is 61.5 Å². The molecule has 0 bridgehead atoms. The summed E-state index contributed by atoms with van der Waals surface area (Å²) >= 11 is 0. The number of carbonyl (C=O) groups excluding carboxylic acids is 2. The molecule has 3 N–H and O–H groups in total. The van der Waals surface area contributed by atoms with Gasteiger partial charge in [0, 0.05) is 0 Å². The maximum Gasteiger partial charge on any atom is 0.408 e. The van der Waals surface area contributed by atoms with Gasteiger partial charge >= 0.3 is 12.1 Å². The van der Waals surface area contributed by atoms with Crippen molar-refractivity contribution in [2.24, 2.45) is 0 Å². The van der Waals surface area contributed by atoms with Gasteiger partial charge in [0.2, 0.25) is 0 Å². The van der Waals surface area contributed by atoms with Gasteiger partial charge in [0.25, 0.3) is 0 Å². The Morgan fingerprint density at radius 2 is 1.32 bits per heavy atom. The molecule has 0 unspecified atom stereocenters. The molecular weight excluding hydrogens is 570 g/mol. The lowest BCUT2D eigenvalue weighted by atomic mass is 9.98. The van der Waals surface area contributed by atoms with Crippen molar-refractivity contribution in [3.63, 3.8) is 0 Å². The Labute approximate surface area is 256 Å². The molecule has 11 nitrogen and oxygen atoms in total. The summed E-state index contributed by atoms with van der Waals surface area (Å²) in [6.45, 7) is 1.29. The van der Waals surface area contributed by atoms with Crippen molar-refractivity contribution in [3.05, 3.63) is 108 Å². The smallest absolute Gasteiger partial charge is 0.408 e. The summed E-state index contributed by atoms with van der Waals surface area (Å²) in [4.78, 5) is 25.4. The Morgan fingerprint density at radius 1 is 0.818 bits per heavy atom. The third-order valence-electron chi connectivity index (χ3n) is 7.13. The SMILES string of the molecule is COC(=O)[C@@H](NC(=O)OCc1ccccc1)[C@@H](C)O[C@@H]1O[C@H](CO)[C@@H](O)[C@H](OCc2ccccc2)[C@@H]1OCc1ccccc1. The maximum absolute atomic E-state index is 12.7. The van der Waals surface area contributed by atoms with E-state index in [9.17, 15) is 19.8 Å². The van der Waals surface area contributed by atoms with E-state index in [2.05, 4.69) is 5.32 Å². The van der Waals surface area contributed by atoms with Gasteiger partial charge in [-0.3, -0.25) is 0 Å². The third-order valence-corrected chi connectivity index (χ3v) is 7.13. The first-order valence-corrected chi connectivity index (χ1v) is 14.4. The first kappa shape index (κ1) is 33.1. The first-order chi connectivity index (χ1) is 21.4. The largest absolute Gasteiger partial charge is 0.467 e. The van der Waals surface area contributed by atoms with Crippen molar-refractivity contribution in [1.82, 2.24) is 5.32 Å². The van der Waals surface area contributed by atoms with Crippen LogP contribution in [0.15, 0.2) is 91.0 Å². The number of aliphatic hydroxyl groups excluding tert-OH is 2. The van der Waals surface area contributed by atoms with E-state index >= 15 is 0 Å². The van der Waals surface area contributed by atoms with E-state index in [-0.39, 0.29) is 19.8 Å². The summed E-state index contributed by atoms with van der Waals surface area (Å²) in [5.41, 5.74) is 2.49. The highest BCUT2D eigenvalue weighted by atomic mass is 16.7. The van der Waals surface area contributed by atoms with E-state index in [0.29, 0.717) is 0 Å². The number of hydrogen-bond acceptors (Lipinski definition) is 10. The molecular formula is C33H39NO10. The fraction of sp³-hybridized carbons (Fsp3) is 0.394. The Bertz CT molecular complexity index is 1280. The molecule has 1 aliphatic heterocycles. The molecule has 0 aromatic heterocycles. The molecule has 1 aliphatic rings. The maximum atomic E-state index is 12.7. The molecule has 3 aromatic rings. The fourth-order valence-corrected chi connectivity index (χ4v) is 4.73. The highest BCUT2D eigenvalue weighted by Crippen LogP contribution is 2.29. The molecule has 0 spiro atoms. The second-order valence-corrected chi connectivity index (χ2v) is 10.3. The first-order valence-electron chi connectivity index (χ1n) is 14.4. The van der Waals surface area contributed by atoms with Gasteiger partial charge in [-0.1, -0.05) is 91.0 Å². The number of hydrogen-bond donors (Lipinski definition) is 3. The molecule has 0 aliphatic carbocycles.